The van der Waals surface area contributed by atoms with Crippen LogP contribution in [0.2, 0.25) is 0 Å². The van der Waals surface area contributed by atoms with Crippen LogP contribution in [0.4, 0.5) is 0 Å². The Kier molecular flexibility index (Phi) is 3.27. The van der Waals surface area contributed by atoms with Gasteiger partial charge >= 0.3 is 0 Å². The number of thiophene rings is 1. The molecule has 2 aliphatic rings. The van der Waals surface area contributed by atoms with Crippen LogP contribution in [0.1, 0.15) is 36.6 Å². The molecule has 2 heterocycles. The first-order valence-electron chi connectivity index (χ1n) is 6.43. The lowest BCUT2D eigenvalue weighted by Gasteiger charge is -2.34. The van der Waals surface area contributed by atoms with Gasteiger partial charge in [-0.15, -0.1) is 11.3 Å². The normalized spacial score (nSPS) is 24.5. The van der Waals surface area contributed by atoms with Crippen molar-refractivity contribution in [3.63, 3.8) is 0 Å². The highest BCUT2D eigenvalue weighted by Gasteiger charge is 2.30. The van der Waals surface area contributed by atoms with Crippen LogP contribution in [0.25, 0.3) is 0 Å². The molecule has 3 rings (SSSR count). The molecule has 88 valence electrons. The van der Waals surface area contributed by atoms with Gasteiger partial charge in [0.25, 0.3) is 0 Å². The minimum atomic E-state index is 0.620. The molecule has 0 amide bonds. The van der Waals surface area contributed by atoms with Crippen LogP contribution in [-0.2, 0) is 0 Å². The molecular weight excluding hydrogens is 216 g/mol. The highest BCUT2D eigenvalue weighted by atomic mass is 32.1. The van der Waals surface area contributed by atoms with Crippen LogP contribution in [0.5, 0.6) is 0 Å². The summed E-state index contributed by atoms with van der Waals surface area (Å²) in [6.07, 6.45) is 5.68. The Hall–Kier alpha value is -0.380. The second kappa shape index (κ2) is 4.86. The van der Waals surface area contributed by atoms with E-state index in [2.05, 4.69) is 28.1 Å². The van der Waals surface area contributed by atoms with E-state index < -0.39 is 0 Å². The van der Waals surface area contributed by atoms with Gasteiger partial charge in [0.15, 0.2) is 0 Å². The van der Waals surface area contributed by atoms with Gasteiger partial charge in [0.2, 0.25) is 0 Å². The third kappa shape index (κ3) is 2.17. The summed E-state index contributed by atoms with van der Waals surface area (Å²) in [7, 11) is 0. The standard InChI is InChI=1S/C13H20N2S/c1-2-5-10(4-1)13(12-6-3-7-16-12)15-11-8-14-9-11/h3,6-7,10-11,13-15H,1-2,4-5,8-9H2. The van der Waals surface area contributed by atoms with Crippen molar-refractivity contribution in [1.82, 2.24) is 10.6 Å². The highest BCUT2D eigenvalue weighted by Crippen LogP contribution is 2.37. The van der Waals surface area contributed by atoms with Gasteiger partial charge in [-0.25, -0.2) is 0 Å². The van der Waals surface area contributed by atoms with Crippen molar-refractivity contribution in [3.8, 4) is 0 Å². The molecule has 0 aromatic carbocycles. The van der Waals surface area contributed by atoms with Crippen molar-refractivity contribution < 1.29 is 0 Å². The maximum absolute atomic E-state index is 3.85. The fourth-order valence-corrected chi connectivity index (χ4v) is 3.75. The third-order valence-electron chi connectivity index (χ3n) is 3.92. The van der Waals surface area contributed by atoms with Crippen molar-refractivity contribution in [2.24, 2.45) is 5.92 Å². The second-order valence-corrected chi connectivity index (χ2v) is 6.04. The van der Waals surface area contributed by atoms with Gasteiger partial charge in [0, 0.05) is 30.1 Å². The maximum atomic E-state index is 3.85. The molecule has 1 aromatic heterocycles. The lowest BCUT2D eigenvalue weighted by atomic mass is 9.95. The monoisotopic (exact) mass is 236 g/mol. The molecule has 1 unspecified atom stereocenters. The average molecular weight is 236 g/mol. The van der Waals surface area contributed by atoms with Crippen LogP contribution in [0.3, 0.4) is 0 Å². The van der Waals surface area contributed by atoms with Crippen molar-refractivity contribution in [1.29, 1.82) is 0 Å². The fraction of sp³-hybridized carbons (Fsp3) is 0.692. The van der Waals surface area contributed by atoms with Crippen LogP contribution in [-0.4, -0.2) is 19.1 Å². The Morgan fingerprint density at radius 3 is 2.69 bits per heavy atom. The quantitative estimate of drug-likeness (QED) is 0.839. The Bertz CT molecular complexity index is 313. The molecule has 1 saturated heterocycles. The van der Waals surface area contributed by atoms with Gasteiger partial charge in [-0.05, 0) is 30.2 Å². The summed E-state index contributed by atoms with van der Waals surface area (Å²) in [5.74, 6) is 0.874. The van der Waals surface area contributed by atoms with E-state index in [1.807, 2.05) is 11.3 Å². The van der Waals surface area contributed by atoms with E-state index in [0.717, 1.165) is 19.0 Å². The Morgan fingerprint density at radius 1 is 1.31 bits per heavy atom. The Morgan fingerprint density at radius 2 is 2.12 bits per heavy atom. The first kappa shape index (κ1) is 10.8. The van der Waals surface area contributed by atoms with Gasteiger partial charge in [-0.3, -0.25) is 0 Å². The molecule has 3 heteroatoms. The molecule has 1 atom stereocenters. The first-order chi connectivity index (χ1) is 7.93. The van der Waals surface area contributed by atoms with Crippen LogP contribution in [0, 0.1) is 5.92 Å². The van der Waals surface area contributed by atoms with E-state index in [1.54, 1.807) is 4.88 Å². The average Bonchev–Trinajstić information content (AvgIpc) is 2.87. The van der Waals surface area contributed by atoms with Gasteiger partial charge in [0.05, 0.1) is 0 Å². The zero-order valence-electron chi connectivity index (χ0n) is 9.61. The van der Waals surface area contributed by atoms with E-state index in [1.165, 1.54) is 25.7 Å². The zero-order chi connectivity index (χ0) is 10.8. The molecular formula is C13H20N2S. The van der Waals surface area contributed by atoms with E-state index in [-0.39, 0.29) is 0 Å². The largest absolute Gasteiger partial charge is 0.314 e. The molecule has 0 bridgehead atoms. The molecule has 16 heavy (non-hydrogen) atoms. The molecule has 2 fully saturated rings. The van der Waals surface area contributed by atoms with Gasteiger partial charge in [-0.2, -0.15) is 0 Å². The molecule has 1 saturated carbocycles. The summed E-state index contributed by atoms with van der Waals surface area (Å²) in [5.41, 5.74) is 0. The van der Waals surface area contributed by atoms with E-state index >= 15 is 0 Å². The van der Waals surface area contributed by atoms with E-state index in [0.29, 0.717) is 12.1 Å². The Labute approximate surface area is 101 Å². The molecule has 0 radical (unpaired) electrons. The fourth-order valence-electron chi connectivity index (χ4n) is 2.87. The number of nitrogens with one attached hydrogen (secondary N) is 2. The number of hydrogen-bond donors (Lipinski definition) is 2. The molecule has 1 aliphatic heterocycles. The maximum Gasteiger partial charge on any atom is 0.0446 e. The zero-order valence-corrected chi connectivity index (χ0v) is 10.4. The molecule has 0 spiro atoms. The van der Waals surface area contributed by atoms with Crippen molar-refractivity contribution in [2.75, 3.05) is 13.1 Å². The summed E-state index contributed by atoms with van der Waals surface area (Å²) in [6.45, 7) is 2.29. The predicted molar refractivity (Wildman–Crippen MR) is 68.8 cm³/mol. The minimum absolute atomic E-state index is 0.620. The third-order valence-corrected chi connectivity index (χ3v) is 4.87. The van der Waals surface area contributed by atoms with Crippen molar-refractivity contribution >= 4 is 11.3 Å². The van der Waals surface area contributed by atoms with Gasteiger partial charge < -0.3 is 10.6 Å². The smallest absolute Gasteiger partial charge is 0.0446 e. The van der Waals surface area contributed by atoms with Crippen LogP contribution in [0.15, 0.2) is 17.5 Å². The second-order valence-electron chi connectivity index (χ2n) is 5.06. The summed E-state index contributed by atoms with van der Waals surface area (Å²) in [6, 6.07) is 5.80. The Balaban J connectivity index is 1.71. The van der Waals surface area contributed by atoms with E-state index in [9.17, 15) is 0 Å². The predicted octanol–water partition coefficient (Wildman–Crippen LogP) is 2.54. The minimum Gasteiger partial charge on any atom is -0.314 e. The van der Waals surface area contributed by atoms with Crippen molar-refractivity contribution in [3.05, 3.63) is 22.4 Å². The molecule has 2 N–H and O–H groups in total. The molecule has 1 aromatic rings. The van der Waals surface area contributed by atoms with Gasteiger partial charge in [0.1, 0.15) is 0 Å². The summed E-state index contributed by atoms with van der Waals surface area (Å²) in [5, 5.41) is 9.40. The number of hydrogen-bond acceptors (Lipinski definition) is 3. The van der Waals surface area contributed by atoms with Crippen LogP contribution >= 0.6 is 11.3 Å². The van der Waals surface area contributed by atoms with Gasteiger partial charge in [-0.1, -0.05) is 18.9 Å². The first-order valence-corrected chi connectivity index (χ1v) is 7.31. The SMILES string of the molecule is c1csc(C(NC2CNC2)C2CCCC2)c1. The summed E-state index contributed by atoms with van der Waals surface area (Å²) < 4.78 is 0. The number of rotatable bonds is 4. The lowest BCUT2D eigenvalue weighted by molar-refractivity contribution is 0.278. The summed E-state index contributed by atoms with van der Waals surface area (Å²) >= 11 is 1.91. The topological polar surface area (TPSA) is 24.1 Å². The lowest BCUT2D eigenvalue weighted by Crippen LogP contribution is -2.56. The molecule has 1 aliphatic carbocycles. The summed E-state index contributed by atoms with van der Waals surface area (Å²) in [4.78, 5) is 1.54. The highest BCUT2D eigenvalue weighted by molar-refractivity contribution is 7.10. The van der Waals surface area contributed by atoms with E-state index in [4.69, 9.17) is 0 Å². The molecule has 2 nitrogen and oxygen atoms in total. The van der Waals surface area contributed by atoms with Crippen LogP contribution < -0.4 is 10.6 Å². The van der Waals surface area contributed by atoms with Crippen molar-refractivity contribution in [2.45, 2.75) is 37.8 Å².